The Kier molecular flexibility index (Phi) is 4.40. The lowest BCUT2D eigenvalue weighted by molar-refractivity contribution is -0.140. The summed E-state index contributed by atoms with van der Waals surface area (Å²) in [4.78, 5) is 24.1. The zero-order valence-electron chi connectivity index (χ0n) is 15.7. The van der Waals surface area contributed by atoms with E-state index in [9.17, 15) is 19.8 Å². The van der Waals surface area contributed by atoms with Gasteiger partial charge in [0, 0.05) is 5.92 Å². The number of carbonyl (C=O) groups excluding carboxylic acids is 2. The summed E-state index contributed by atoms with van der Waals surface area (Å²) >= 11 is 0. The van der Waals surface area contributed by atoms with Gasteiger partial charge in [0.1, 0.15) is 18.3 Å². The number of allylic oxidation sites excluding steroid dienone is 1. The molecule has 2 aliphatic carbocycles. The number of carbonyl (C=O) groups is 2. The zero-order valence-corrected chi connectivity index (χ0v) is 15.7. The fourth-order valence-corrected chi connectivity index (χ4v) is 5.73. The monoisotopic (exact) mass is 350 g/mol. The van der Waals surface area contributed by atoms with Gasteiger partial charge in [-0.2, -0.15) is 0 Å². The molecule has 0 radical (unpaired) electrons. The maximum absolute atomic E-state index is 12.7. The van der Waals surface area contributed by atoms with Gasteiger partial charge >= 0.3 is 5.97 Å². The first-order chi connectivity index (χ1) is 11.5. The molecule has 25 heavy (non-hydrogen) atoms. The van der Waals surface area contributed by atoms with Gasteiger partial charge in [0.05, 0.1) is 6.42 Å². The predicted molar refractivity (Wildman–Crippen MR) is 92.7 cm³/mol. The van der Waals surface area contributed by atoms with E-state index < -0.39 is 11.7 Å². The van der Waals surface area contributed by atoms with Crippen molar-refractivity contribution in [3.05, 3.63) is 11.1 Å². The number of hydrogen-bond donors (Lipinski definition) is 2. The van der Waals surface area contributed by atoms with Crippen LogP contribution in [0.4, 0.5) is 0 Å². The van der Waals surface area contributed by atoms with E-state index in [1.54, 1.807) is 6.92 Å². The Labute approximate surface area is 149 Å². The van der Waals surface area contributed by atoms with Gasteiger partial charge in [-0.1, -0.05) is 32.8 Å². The molecule has 5 heteroatoms. The molecule has 0 amide bonds. The Morgan fingerprint density at radius 3 is 2.48 bits per heavy atom. The number of esters is 1. The third-order valence-electron chi connectivity index (χ3n) is 6.96. The Hall–Kier alpha value is -1.20. The van der Waals surface area contributed by atoms with Gasteiger partial charge < -0.3 is 14.9 Å². The topological polar surface area (TPSA) is 83.8 Å². The van der Waals surface area contributed by atoms with Gasteiger partial charge in [0.15, 0.2) is 5.78 Å². The fraction of sp³-hybridized carbons (Fsp3) is 0.800. The molecular weight excluding hydrogens is 320 g/mol. The first-order valence-electron chi connectivity index (χ1n) is 9.31. The maximum Gasteiger partial charge on any atom is 0.308 e. The number of rotatable bonds is 3. The maximum atomic E-state index is 12.7. The van der Waals surface area contributed by atoms with Crippen LogP contribution in [-0.4, -0.2) is 40.3 Å². The Morgan fingerprint density at radius 2 is 1.88 bits per heavy atom. The summed E-state index contributed by atoms with van der Waals surface area (Å²) in [5, 5.41) is 21.3. The Morgan fingerprint density at radius 1 is 1.20 bits per heavy atom. The smallest absolute Gasteiger partial charge is 0.308 e. The summed E-state index contributed by atoms with van der Waals surface area (Å²) in [5.41, 5.74) is 0.182. The van der Waals surface area contributed by atoms with Crippen LogP contribution in [0, 0.1) is 16.7 Å². The molecule has 0 aromatic rings. The second-order valence-corrected chi connectivity index (χ2v) is 9.21. The number of ether oxygens (including phenoxy) is 1. The minimum absolute atomic E-state index is 0.0154. The van der Waals surface area contributed by atoms with Gasteiger partial charge in [-0.3, -0.25) is 9.59 Å². The predicted octanol–water partition coefficient (Wildman–Crippen LogP) is 2.54. The van der Waals surface area contributed by atoms with Crippen molar-refractivity contribution >= 4 is 11.8 Å². The van der Waals surface area contributed by atoms with E-state index in [2.05, 4.69) is 20.8 Å². The van der Waals surface area contributed by atoms with Crippen molar-refractivity contribution in [1.29, 1.82) is 0 Å². The van der Waals surface area contributed by atoms with Crippen molar-refractivity contribution < 1.29 is 24.5 Å². The normalized spacial score (nSPS) is 40.9. The Balaban J connectivity index is 1.93. The number of aliphatic hydroxyl groups is 2. The van der Waals surface area contributed by atoms with Crippen molar-refractivity contribution in [3.63, 3.8) is 0 Å². The van der Waals surface area contributed by atoms with Crippen LogP contribution in [0.15, 0.2) is 11.1 Å². The summed E-state index contributed by atoms with van der Waals surface area (Å²) < 4.78 is 4.93. The van der Waals surface area contributed by atoms with Crippen molar-refractivity contribution in [2.45, 2.75) is 77.9 Å². The molecule has 140 valence electrons. The third kappa shape index (κ3) is 2.95. The molecule has 3 rings (SSSR count). The third-order valence-corrected chi connectivity index (χ3v) is 6.96. The van der Waals surface area contributed by atoms with Crippen LogP contribution in [0.3, 0.4) is 0 Å². The number of hydrogen-bond acceptors (Lipinski definition) is 5. The van der Waals surface area contributed by atoms with Crippen molar-refractivity contribution in [3.8, 4) is 0 Å². The first kappa shape index (κ1) is 18.6. The molecule has 1 saturated heterocycles. The summed E-state index contributed by atoms with van der Waals surface area (Å²) in [6, 6.07) is 0. The molecule has 4 atom stereocenters. The molecule has 4 unspecified atom stereocenters. The van der Waals surface area contributed by atoms with Crippen molar-refractivity contribution in [2.24, 2.45) is 16.7 Å². The van der Waals surface area contributed by atoms with Gasteiger partial charge in [0.25, 0.3) is 0 Å². The van der Waals surface area contributed by atoms with Crippen LogP contribution in [0.1, 0.15) is 66.2 Å². The fourth-order valence-electron chi connectivity index (χ4n) is 5.73. The Bertz CT molecular complexity index is 634. The van der Waals surface area contributed by atoms with E-state index in [1.165, 1.54) is 0 Å². The minimum Gasteiger partial charge on any atom is -0.463 e. The summed E-state index contributed by atoms with van der Waals surface area (Å²) in [7, 11) is 0. The molecule has 0 spiro atoms. The SMILES string of the molecule is CC1=C(CCC2(O)COC(=O)C2)C2(C)CCCC(C)(C)C2C(O)C1=O. The average Bonchev–Trinajstić information content (AvgIpc) is 2.83. The van der Waals surface area contributed by atoms with E-state index in [4.69, 9.17) is 4.74 Å². The molecule has 3 aliphatic rings. The van der Waals surface area contributed by atoms with Gasteiger partial charge in [-0.25, -0.2) is 0 Å². The van der Waals surface area contributed by atoms with E-state index in [1.807, 2.05) is 0 Å². The zero-order chi connectivity index (χ0) is 18.6. The molecule has 0 aromatic carbocycles. The highest BCUT2D eigenvalue weighted by Crippen LogP contribution is 2.59. The quantitative estimate of drug-likeness (QED) is 0.764. The largest absolute Gasteiger partial charge is 0.463 e. The van der Waals surface area contributed by atoms with E-state index >= 15 is 0 Å². The number of Topliss-reactive ketones (excluding diaryl/α,β-unsaturated/α-hetero) is 1. The highest BCUT2D eigenvalue weighted by atomic mass is 16.6. The van der Waals surface area contributed by atoms with Crippen LogP contribution in [0.2, 0.25) is 0 Å². The molecule has 2 fully saturated rings. The molecule has 1 saturated carbocycles. The van der Waals surface area contributed by atoms with Crippen LogP contribution >= 0.6 is 0 Å². The second kappa shape index (κ2) is 5.92. The number of aliphatic hydroxyl groups excluding tert-OH is 1. The van der Waals surface area contributed by atoms with Gasteiger partial charge in [-0.15, -0.1) is 0 Å². The lowest BCUT2D eigenvalue weighted by Gasteiger charge is -2.56. The lowest BCUT2D eigenvalue weighted by atomic mass is 9.48. The van der Waals surface area contributed by atoms with Crippen LogP contribution in [-0.2, 0) is 14.3 Å². The lowest BCUT2D eigenvalue weighted by Crippen LogP contribution is -2.55. The van der Waals surface area contributed by atoms with Crippen LogP contribution in [0.5, 0.6) is 0 Å². The van der Waals surface area contributed by atoms with Crippen LogP contribution < -0.4 is 0 Å². The van der Waals surface area contributed by atoms with Crippen LogP contribution in [0.25, 0.3) is 0 Å². The molecule has 0 bridgehead atoms. The van der Waals surface area contributed by atoms with E-state index in [0.29, 0.717) is 18.4 Å². The highest BCUT2D eigenvalue weighted by Gasteiger charge is 2.56. The molecule has 2 N–H and O–H groups in total. The number of ketones is 1. The van der Waals surface area contributed by atoms with Gasteiger partial charge in [-0.05, 0) is 49.0 Å². The minimum atomic E-state index is -1.14. The van der Waals surface area contributed by atoms with Crippen molar-refractivity contribution in [2.75, 3.05) is 6.61 Å². The molecule has 1 heterocycles. The highest BCUT2D eigenvalue weighted by molar-refractivity contribution is 6.00. The van der Waals surface area contributed by atoms with E-state index in [0.717, 1.165) is 24.8 Å². The van der Waals surface area contributed by atoms with Crippen molar-refractivity contribution in [1.82, 2.24) is 0 Å². The number of fused-ring (bicyclic) bond motifs is 1. The molecular formula is C20H30O5. The molecule has 5 nitrogen and oxygen atoms in total. The summed E-state index contributed by atoms with van der Waals surface area (Å²) in [5.74, 6) is -0.666. The molecule has 1 aliphatic heterocycles. The average molecular weight is 350 g/mol. The standard InChI is InChI=1S/C20H30O5/c1-12-13(6-9-20(24)10-14(21)25-11-20)19(4)8-5-7-18(2,3)17(19)16(23)15(12)22/h16-17,23-24H,5-11H2,1-4H3. The second-order valence-electron chi connectivity index (χ2n) is 9.21. The molecule has 0 aromatic heterocycles. The number of cyclic esters (lactones) is 1. The van der Waals surface area contributed by atoms with Gasteiger partial charge in [0.2, 0.25) is 0 Å². The summed E-state index contributed by atoms with van der Waals surface area (Å²) in [6.45, 7) is 8.26. The summed E-state index contributed by atoms with van der Waals surface area (Å²) in [6.07, 6.45) is 3.01. The first-order valence-corrected chi connectivity index (χ1v) is 9.31. The van der Waals surface area contributed by atoms with E-state index in [-0.39, 0.29) is 41.5 Å².